The normalized spacial score (nSPS) is 11.3. The summed E-state index contributed by atoms with van der Waals surface area (Å²) in [5, 5.41) is 22.2. The molecule has 0 amide bonds. The topological polar surface area (TPSA) is 208 Å². The van der Waals surface area contributed by atoms with E-state index in [0.717, 1.165) is 50.6 Å². The van der Waals surface area contributed by atoms with Crippen LogP contribution < -0.4 is 5.32 Å². The van der Waals surface area contributed by atoms with Crippen molar-refractivity contribution in [2.45, 2.75) is 19.6 Å². The summed E-state index contributed by atoms with van der Waals surface area (Å²) in [4.78, 5) is 46.5. The number of anilines is 2. The zero-order valence-corrected chi connectivity index (χ0v) is 25.0. The molecule has 0 saturated carbocycles. The van der Waals surface area contributed by atoms with Gasteiger partial charge in [-0.1, -0.05) is 36.4 Å². The van der Waals surface area contributed by atoms with E-state index >= 15 is 0 Å². The quantitative estimate of drug-likeness (QED) is 0.207. The number of esters is 2. The molecule has 0 aromatic heterocycles. The summed E-state index contributed by atoms with van der Waals surface area (Å²) >= 11 is 0. The lowest BCUT2D eigenvalue weighted by molar-refractivity contribution is 0.0589. The molecule has 0 unspecified atom stereocenters. The zero-order valence-electron chi connectivity index (χ0n) is 23.4. The first-order valence-corrected chi connectivity index (χ1v) is 15.6. The van der Waals surface area contributed by atoms with Gasteiger partial charge in [0.2, 0.25) is 19.7 Å². The molecule has 0 aliphatic carbocycles. The van der Waals surface area contributed by atoms with Gasteiger partial charge in [-0.3, -0.25) is 0 Å². The highest BCUT2D eigenvalue weighted by Gasteiger charge is 2.35. The average Bonchev–Trinajstić information content (AvgIpc) is 3.03. The fourth-order valence-electron chi connectivity index (χ4n) is 4.51. The number of methoxy groups -OCH3 is 2. The molecule has 0 spiro atoms. The minimum absolute atomic E-state index is 0.368. The van der Waals surface area contributed by atoms with Crippen LogP contribution in [-0.2, 0) is 29.1 Å². The van der Waals surface area contributed by atoms with Crippen molar-refractivity contribution in [2.24, 2.45) is 0 Å². The Morgan fingerprint density at radius 2 is 0.911 bits per heavy atom. The van der Waals surface area contributed by atoms with E-state index < -0.39 is 91.2 Å². The van der Waals surface area contributed by atoms with Crippen LogP contribution in [0.1, 0.15) is 41.4 Å². The molecular formula is C30H23NO12S2. The minimum atomic E-state index is -4.92. The Morgan fingerprint density at radius 1 is 0.533 bits per heavy atom. The number of nitrogens with one attached hydrogen (secondary N) is 1. The Labute approximate surface area is 256 Å². The first-order chi connectivity index (χ1) is 21.3. The number of ether oxygens (including phenoxy) is 2. The third-order valence-corrected chi connectivity index (χ3v) is 10.3. The first-order valence-electron chi connectivity index (χ1n) is 12.6. The van der Waals surface area contributed by atoms with E-state index in [0.29, 0.717) is 0 Å². The predicted molar refractivity (Wildman–Crippen MR) is 157 cm³/mol. The Bertz CT molecular complexity index is 2090. The molecule has 3 N–H and O–H groups in total. The van der Waals surface area contributed by atoms with Crippen LogP contribution in [-0.4, -0.2) is 65.1 Å². The van der Waals surface area contributed by atoms with Gasteiger partial charge in [-0.2, -0.15) is 0 Å². The van der Waals surface area contributed by atoms with Gasteiger partial charge >= 0.3 is 23.9 Å². The number of sulfone groups is 2. The lowest BCUT2D eigenvalue weighted by Crippen LogP contribution is -2.18. The molecule has 15 heteroatoms. The average molecular weight is 654 g/mol. The molecule has 4 aromatic rings. The highest BCUT2D eigenvalue weighted by atomic mass is 32.2. The van der Waals surface area contributed by atoms with E-state index in [4.69, 9.17) is 9.47 Å². The van der Waals surface area contributed by atoms with Gasteiger partial charge in [0, 0.05) is 0 Å². The van der Waals surface area contributed by atoms with Gasteiger partial charge in [0.25, 0.3) is 0 Å². The van der Waals surface area contributed by atoms with Gasteiger partial charge in [-0.15, -0.1) is 0 Å². The van der Waals surface area contributed by atoms with Crippen LogP contribution in [0.25, 0.3) is 0 Å². The number of hydrogen-bond acceptors (Lipinski definition) is 11. The molecule has 4 rings (SSSR count). The maximum atomic E-state index is 14.2. The molecule has 45 heavy (non-hydrogen) atoms. The monoisotopic (exact) mass is 653 g/mol. The van der Waals surface area contributed by atoms with E-state index in [-0.39, 0.29) is 5.56 Å². The van der Waals surface area contributed by atoms with Crippen LogP contribution >= 0.6 is 0 Å². The van der Waals surface area contributed by atoms with Crippen LogP contribution in [0.5, 0.6) is 0 Å². The molecule has 0 atom stereocenters. The lowest BCUT2D eigenvalue weighted by Gasteiger charge is -2.20. The van der Waals surface area contributed by atoms with Crippen LogP contribution in [0.15, 0.2) is 105 Å². The summed E-state index contributed by atoms with van der Waals surface area (Å²) < 4.78 is 65.8. The van der Waals surface area contributed by atoms with Gasteiger partial charge in [0.15, 0.2) is 0 Å². The van der Waals surface area contributed by atoms with E-state index in [2.05, 4.69) is 5.32 Å². The number of carboxylic acids is 2. The summed E-state index contributed by atoms with van der Waals surface area (Å²) in [5.74, 6) is -5.39. The van der Waals surface area contributed by atoms with Crippen LogP contribution in [0.4, 0.5) is 11.4 Å². The second kappa shape index (κ2) is 12.6. The summed E-state index contributed by atoms with van der Waals surface area (Å²) in [7, 11) is -7.69. The smallest absolute Gasteiger partial charge is 0.339 e. The maximum Gasteiger partial charge on any atom is 0.339 e. The molecular weight excluding hydrogens is 630 g/mol. The van der Waals surface area contributed by atoms with Gasteiger partial charge in [0.05, 0.1) is 57.6 Å². The molecule has 0 saturated heterocycles. The Morgan fingerprint density at radius 3 is 1.40 bits per heavy atom. The van der Waals surface area contributed by atoms with Gasteiger partial charge in [-0.05, 0) is 48.5 Å². The highest BCUT2D eigenvalue weighted by Crippen LogP contribution is 2.39. The first kappa shape index (κ1) is 32.4. The summed E-state index contributed by atoms with van der Waals surface area (Å²) in [6.07, 6.45) is 0. The second-order valence-corrected chi connectivity index (χ2v) is 12.8. The number of carboxylic acid groups (broad SMARTS) is 2. The summed E-state index contributed by atoms with van der Waals surface area (Å²) in [5.41, 5.74) is -3.13. The van der Waals surface area contributed by atoms with Crippen molar-refractivity contribution in [1.29, 1.82) is 0 Å². The van der Waals surface area contributed by atoms with E-state index in [1.54, 1.807) is 0 Å². The van der Waals surface area contributed by atoms with Crippen LogP contribution in [0.3, 0.4) is 0 Å². The van der Waals surface area contributed by atoms with Gasteiger partial charge in [0.1, 0.15) is 9.79 Å². The highest BCUT2D eigenvalue weighted by molar-refractivity contribution is 7.92. The molecule has 0 heterocycles. The van der Waals surface area contributed by atoms with Crippen molar-refractivity contribution >= 4 is 54.9 Å². The maximum absolute atomic E-state index is 14.2. The fraction of sp³-hybridized carbons (Fsp3) is 0.0667. The van der Waals surface area contributed by atoms with Crippen molar-refractivity contribution in [3.05, 3.63) is 107 Å². The molecule has 0 radical (unpaired) electrons. The van der Waals surface area contributed by atoms with Crippen LogP contribution in [0.2, 0.25) is 0 Å². The number of hydrogen-bond donors (Lipinski definition) is 3. The summed E-state index contributed by atoms with van der Waals surface area (Å²) in [6.45, 7) is 0. The van der Waals surface area contributed by atoms with E-state index in [1.165, 1.54) is 48.5 Å². The second-order valence-electron chi connectivity index (χ2n) is 9.08. The number of benzene rings is 4. The third-order valence-electron chi connectivity index (χ3n) is 6.46. The molecule has 4 aromatic carbocycles. The van der Waals surface area contributed by atoms with Crippen molar-refractivity contribution in [3.8, 4) is 0 Å². The Balaban J connectivity index is 2.05. The van der Waals surface area contributed by atoms with E-state index in [1.807, 2.05) is 0 Å². The molecule has 0 aliphatic rings. The van der Waals surface area contributed by atoms with Crippen molar-refractivity contribution in [2.75, 3.05) is 19.5 Å². The standard InChI is InChI=1S/C30H23NO12S2/c1-42-29(36)18-10-4-6-16-24(18)45(40,41)26-20(30(37)43-2)12-8-14-22(26)31-21-13-7-11-19(28(34)35)25(21)44(38,39)23-15-5-3-9-17(23)27(32)33/h3-16,31H,1-2H3,(H,32,33)(H,34,35). The Hall–Kier alpha value is -5.54. The zero-order chi connectivity index (χ0) is 33.1. The molecule has 13 nitrogen and oxygen atoms in total. The molecule has 0 bridgehead atoms. The van der Waals surface area contributed by atoms with Gasteiger partial charge in [-0.25, -0.2) is 36.0 Å². The van der Waals surface area contributed by atoms with E-state index in [9.17, 15) is 46.2 Å². The van der Waals surface area contributed by atoms with Crippen molar-refractivity contribution < 1.29 is 55.7 Å². The molecule has 0 aliphatic heterocycles. The summed E-state index contributed by atoms with van der Waals surface area (Å²) in [6, 6.07) is 16.4. The fourth-order valence-corrected chi connectivity index (χ4v) is 8.06. The largest absolute Gasteiger partial charge is 0.478 e. The predicted octanol–water partition coefficient (Wildman–Crippen LogP) is 4.07. The Kier molecular flexibility index (Phi) is 9.06. The number of aromatic carboxylic acids is 2. The lowest BCUT2D eigenvalue weighted by atomic mass is 10.1. The number of rotatable bonds is 10. The van der Waals surface area contributed by atoms with Crippen molar-refractivity contribution in [1.82, 2.24) is 0 Å². The van der Waals surface area contributed by atoms with Gasteiger partial charge < -0.3 is 25.0 Å². The number of carbonyl (C=O) groups is 4. The third kappa shape index (κ3) is 5.98. The van der Waals surface area contributed by atoms with Crippen molar-refractivity contribution in [3.63, 3.8) is 0 Å². The van der Waals surface area contributed by atoms with Crippen LogP contribution in [0, 0.1) is 0 Å². The molecule has 0 fully saturated rings. The SMILES string of the molecule is COC(=O)c1ccccc1S(=O)(=O)c1c(Nc2cccc(C(=O)O)c2S(=O)(=O)c2ccccc2C(=O)O)cccc1C(=O)OC. The minimum Gasteiger partial charge on any atom is -0.478 e. The number of carbonyl (C=O) groups excluding carboxylic acids is 2. The molecule has 232 valence electrons.